The van der Waals surface area contributed by atoms with Gasteiger partial charge in [0.1, 0.15) is 24.6 Å². The summed E-state index contributed by atoms with van der Waals surface area (Å²) in [4.78, 5) is 11.7. The van der Waals surface area contributed by atoms with Crippen molar-refractivity contribution in [2.24, 2.45) is 0 Å². The van der Waals surface area contributed by atoms with Crippen LogP contribution >= 0.6 is 0 Å². The van der Waals surface area contributed by atoms with E-state index in [1.54, 1.807) is 62.4 Å². The number of ether oxygens (including phenoxy) is 3. The van der Waals surface area contributed by atoms with E-state index < -0.39 is 24.3 Å². The van der Waals surface area contributed by atoms with Gasteiger partial charge in [0, 0.05) is 0 Å². The molecule has 0 aliphatic carbocycles. The van der Waals surface area contributed by atoms with Gasteiger partial charge in [-0.3, -0.25) is 0 Å². The lowest BCUT2D eigenvalue weighted by Gasteiger charge is -2.27. The first-order chi connectivity index (χ1) is 13.9. The van der Waals surface area contributed by atoms with Gasteiger partial charge in [-0.25, -0.2) is 4.79 Å². The Morgan fingerprint density at radius 2 is 1.83 bits per heavy atom. The van der Waals surface area contributed by atoms with Crippen LogP contribution in [-0.2, 0) is 14.3 Å². The Balaban J connectivity index is 2.02. The van der Waals surface area contributed by atoms with Crippen molar-refractivity contribution >= 4 is 5.97 Å². The molecule has 3 atom stereocenters. The number of carboxylic acids is 1. The average Bonchev–Trinajstić information content (AvgIpc) is 2.72. The highest BCUT2D eigenvalue weighted by Gasteiger charge is 2.32. The Labute approximate surface area is 170 Å². The van der Waals surface area contributed by atoms with Gasteiger partial charge in [0.25, 0.3) is 0 Å². The smallest absolute Gasteiger partial charge is 0.335 e. The van der Waals surface area contributed by atoms with Crippen LogP contribution in [0.2, 0.25) is 0 Å². The quantitative estimate of drug-likeness (QED) is 0.598. The van der Waals surface area contributed by atoms with Crippen LogP contribution in [0.3, 0.4) is 0 Å². The predicted octanol–water partition coefficient (Wildman–Crippen LogP) is 2.93. The molecule has 0 saturated heterocycles. The standard InChI is InChI=1S/C22H25NO6/c1-15(2)29-21(22(25)26)20(17-8-4-3-5-9-17)28-14-18(24)13-27-19-10-6-7-16(11-19)12-23/h3-11,15,18,20-21,24H,13-14H2,1-2H3,(H,25,26). The van der Waals surface area contributed by atoms with Crippen molar-refractivity contribution in [1.82, 2.24) is 0 Å². The van der Waals surface area contributed by atoms with E-state index in [1.807, 2.05) is 12.1 Å². The number of rotatable bonds is 11. The number of nitrogens with zero attached hydrogens (tertiary/aromatic N) is 1. The Hall–Kier alpha value is -2.92. The summed E-state index contributed by atoms with van der Waals surface area (Å²) >= 11 is 0. The number of carbonyl (C=O) groups is 1. The molecule has 0 amide bonds. The Kier molecular flexibility index (Phi) is 8.62. The fraction of sp³-hybridized carbons (Fsp3) is 0.364. The molecule has 0 aliphatic heterocycles. The molecule has 7 heteroatoms. The number of aliphatic carboxylic acids is 1. The van der Waals surface area contributed by atoms with E-state index in [2.05, 4.69) is 0 Å². The number of nitriles is 1. The van der Waals surface area contributed by atoms with E-state index in [4.69, 9.17) is 19.5 Å². The molecule has 0 bridgehead atoms. The molecule has 2 aromatic carbocycles. The molecule has 0 radical (unpaired) electrons. The molecule has 154 valence electrons. The van der Waals surface area contributed by atoms with Crippen LogP contribution in [0.1, 0.15) is 31.1 Å². The summed E-state index contributed by atoms with van der Waals surface area (Å²) in [6.45, 7) is 3.27. The minimum Gasteiger partial charge on any atom is -0.491 e. The second-order valence-corrected chi connectivity index (χ2v) is 6.71. The third-order valence-electron chi connectivity index (χ3n) is 3.94. The van der Waals surface area contributed by atoms with Crippen LogP contribution in [0.5, 0.6) is 5.75 Å². The van der Waals surface area contributed by atoms with Crippen LogP contribution in [0.4, 0.5) is 0 Å². The number of hydrogen-bond acceptors (Lipinski definition) is 6. The largest absolute Gasteiger partial charge is 0.491 e. The van der Waals surface area contributed by atoms with Gasteiger partial charge in [-0.2, -0.15) is 5.26 Å². The van der Waals surface area contributed by atoms with Crippen LogP contribution in [0.15, 0.2) is 54.6 Å². The predicted molar refractivity (Wildman–Crippen MR) is 105 cm³/mol. The Morgan fingerprint density at radius 1 is 1.10 bits per heavy atom. The first-order valence-electron chi connectivity index (χ1n) is 9.26. The van der Waals surface area contributed by atoms with Crippen molar-refractivity contribution < 1.29 is 29.2 Å². The van der Waals surface area contributed by atoms with E-state index in [0.717, 1.165) is 0 Å². The maximum atomic E-state index is 11.7. The van der Waals surface area contributed by atoms with Gasteiger partial charge in [0.05, 0.1) is 24.3 Å². The normalized spacial score (nSPS) is 14.0. The molecule has 0 aliphatic rings. The zero-order valence-corrected chi connectivity index (χ0v) is 16.4. The number of aliphatic hydroxyl groups is 1. The summed E-state index contributed by atoms with van der Waals surface area (Å²) < 4.78 is 16.8. The van der Waals surface area contributed by atoms with Gasteiger partial charge in [0.2, 0.25) is 0 Å². The number of carboxylic acid groups (broad SMARTS) is 1. The van der Waals surface area contributed by atoms with Crippen LogP contribution in [0.25, 0.3) is 0 Å². The van der Waals surface area contributed by atoms with E-state index >= 15 is 0 Å². The van der Waals surface area contributed by atoms with Crippen LogP contribution < -0.4 is 4.74 Å². The second kappa shape index (κ2) is 11.2. The van der Waals surface area contributed by atoms with Crippen molar-refractivity contribution in [3.63, 3.8) is 0 Å². The number of benzene rings is 2. The lowest BCUT2D eigenvalue weighted by molar-refractivity contribution is -0.170. The molecule has 0 saturated carbocycles. The minimum atomic E-state index is -1.22. The molecule has 3 unspecified atom stereocenters. The zero-order chi connectivity index (χ0) is 21.2. The summed E-state index contributed by atoms with van der Waals surface area (Å²) in [5.41, 5.74) is 1.09. The SMILES string of the molecule is CC(C)OC(C(=O)O)C(OCC(O)COc1cccc(C#N)c1)c1ccccc1. The highest BCUT2D eigenvalue weighted by molar-refractivity contribution is 5.73. The maximum absolute atomic E-state index is 11.7. The number of aliphatic hydroxyl groups excluding tert-OH is 1. The van der Waals surface area contributed by atoms with Gasteiger partial charge in [-0.15, -0.1) is 0 Å². The van der Waals surface area contributed by atoms with Gasteiger partial charge in [-0.05, 0) is 37.6 Å². The molecule has 0 spiro atoms. The summed E-state index contributed by atoms with van der Waals surface area (Å²) in [7, 11) is 0. The Morgan fingerprint density at radius 3 is 2.45 bits per heavy atom. The molecule has 7 nitrogen and oxygen atoms in total. The first-order valence-corrected chi connectivity index (χ1v) is 9.26. The highest BCUT2D eigenvalue weighted by atomic mass is 16.6. The molecule has 0 heterocycles. The van der Waals surface area contributed by atoms with E-state index in [-0.39, 0.29) is 19.3 Å². The molecular weight excluding hydrogens is 374 g/mol. The molecule has 2 rings (SSSR count). The first kappa shape index (κ1) is 22.4. The maximum Gasteiger partial charge on any atom is 0.335 e. The van der Waals surface area contributed by atoms with Crippen molar-refractivity contribution in [2.45, 2.75) is 38.3 Å². The molecule has 0 fully saturated rings. The fourth-order valence-corrected chi connectivity index (χ4v) is 2.66. The Bertz CT molecular complexity index is 818. The summed E-state index contributed by atoms with van der Waals surface area (Å²) in [6.07, 6.45) is -3.43. The average molecular weight is 399 g/mol. The zero-order valence-electron chi connectivity index (χ0n) is 16.4. The van der Waals surface area contributed by atoms with Crippen molar-refractivity contribution in [3.05, 3.63) is 65.7 Å². The van der Waals surface area contributed by atoms with Gasteiger partial charge in [-0.1, -0.05) is 36.4 Å². The third kappa shape index (κ3) is 7.20. The number of hydrogen-bond donors (Lipinski definition) is 2. The van der Waals surface area contributed by atoms with Crippen molar-refractivity contribution in [2.75, 3.05) is 13.2 Å². The molecule has 2 aromatic rings. The second-order valence-electron chi connectivity index (χ2n) is 6.71. The lowest BCUT2D eigenvalue weighted by Crippen LogP contribution is -2.36. The van der Waals surface area contributed by atoms with Crippen molar-refractivity contribution in [3.8, 4) is 11.8 Å². The van der Waals surface area contributed by atoms with E-state index in [9.17, 15) is 15.0 Å². The lowest BCUT2D eigenvalue weighted by atomic mass is 10.0. The van der Waals surface area contributed by atoms with E-state index in [1.165, 1.54) is 0 Å². The fourth-order valence-electron chi connectivity index (χ4n) is 2.66. The topological polar surface area (TPSA) is 109 Å². The summed E-state index contributed by atoms with van der Waals surface area (Å²) in [5.74, 6) is -0.694. The highest BCUT2D eigenvalue weighted by Crippen LogP contribution is 2.25. The van der Waals surface area contributed by atoms with Gasteiger partial charge >= 0.3 is 5.97 Å². The monoisotopic (exact) mass is 399 g/mol. The van der Waals surface area contributed by atoms with Gasteiger partial charge < -0.3 is 24.4 Å². The molecule has 29 heavy (non-hydrogen) atoms. The van der Waals surface area contributed by atoms with Crippen molar-refractivity contribution in [1.29, 1.82) is 5.26 Å². The molecule has 0 aromatic heterocycles. The summed E-state index contributed by atoms with van der Waals surface area (Å²) in [6, 6.07) is 17.5. The minimum absolute atomic E-state index is 0.0703. The van der Waals surface area contributed by atoms with Gasteiger partial charge in [0.15, 0.2) is 6.10 Å². The third-order valence-corrected chi connectivity index (χ3v) is 3.94. The van der Waals surface area contributed by atoms with E-state index in [0.29, 0.717) is 16.9 Å². The molecular formula is C22H25NO6. The van der Waals surface area contributed by atoms with Crippen LogP contribution in [-0.4, -0.2) is 47.7 Å². The van der Waals surface area contributed by atoms with Crippen LogP contribution in [0, 0.1) is 11.3 Å². The summed E-state index contributed by atoms with van der Waals surface area (Å²) in [5, 5.41) is 28.8. The molecule has 2 N–H and O–H groups in total.